The largest absolute Gasteiger partial charge is 0.309 e. The van der Waals surface area contributed by atoms with Gasteiger partial charge in [0.2, 0.25) is 0 Å². The van der Waals surface area contributed by atoms with Crippen LogP contribution in [0.15, 0.2) is 206 Å². The Hall–Kier alpha value is -8.92. The van der Waals surface area contributed by atoms with E-state index in [2.05, 4.69) is 155 Å². The number of hydrogen-bond acceptors (Lipinski definition) is 3. The molecule has 0 aliphatic carbocycles. The van der Waals surface area contributed by atoms with Gasteiger partial charge >= 0.3 is 0 Å². The molecule has 0 amide bonds. The van der Waals surface area contributed by atoms with Gasteiger partial charge in [0.1, 0.15) is 0 Å². The molecule has 0 aliphatic rings. The second-order valence-electron chi connectivity index (χ2n) is 16.9. The summed E-state index contributed by atoms with van der Waals surface area (Å²) in [5.74, 6) is 1.78. The minimum atomic E-state index is 0.573. The monoisotopic (exact) mass is 844 g/mol. The molecule has 0 radical (unpaired) electrons. The zero-order valence-corrected chi connectivity index (χ0v) is 36.3. The molecule has 66 heavy (non-hydrogen) atoms. The molecule has 9 aromatic carbocycles. The standard InChI is InChI=1S/C60H40N6/c1-38-26-30-55-48(34-38)45-21-11-14-24-52(45)65(55)54-33-29-43(60-63-58(40-16-6-4-7-17-40)62-59(64-60)41-18-8-5-9-19-41)37-47(54)42-28-32-57(50(36-42)44-20-10-13-23-51(44)61-3)66-53-25-15-12-22-46(53)49-35-39(2)27-31-56(49)66/h4-37H,1-2H3. The van der Waals surface area contributed by atoms with E-state index in [9.17, 15) is 0 Å². The van der Waals surface area contributed by atoms with Gasteiger partial charge in [-0.15, -0.1) is 0 Å². The second-order valence-corrected chi connectivity index (χ2v) is 16.9. The highest BCUT2D eigenvalue weighted by Crippen LogP contribution is 2.44. The zero-order chi connectivity index (χ0) is 44.3. The third kappa shape index (κ3) is 6.45. The Morgan fingerprint density at radius 2 is 0.788 bits per heavy atom. The Morgan fingerprint density at radius 3 is 1.35 bits per heavy atom. The predicted octanol–water partition coefficient (Wildman–Crippen LogP) is 15.6. The van der Waals surface area contributed by atoms with Gasteiger partial charge in [0, 0.05) is 43.8 Å². The van der Waals surface area contributed by atoms with Gasteiger partial charge < -0.3 is 9.13 Å². The quantitative estimate of drug-likeness (QED) is 0.150. The summed E-state index contributed by atoms with van der Waals surface area (Å²) in [5, 5.41) is 4.76. The lowest BCUT2D eigenvalue weighted by molar-refractivity contribution is 1.07. The summed E-state index contributed by atoms with van der Waals surface area (Å²) in [6.07, 6.45) is 0. The molecule has 0 saturated carbocycles. The molecular formula is C60H40N6. The smallest absolute Gasteiger partial charge is 0.194 e. The summed E-state index contributed by atoms with van der Waals surface area (Å²) in [6.45, 7) is 12.6. The van der Waals surface area contributed by atoms with Crippen LogP contribution in [0.4, 0.5) is 5.69 Å². The van der Waals surface area contributed by atoms with Crippen LogP contribution in [0.25, 0.3) is 116 Å². The number of para-hydroxylation sites is 3. The van der Waals surface area contributed by atoms with Gasteiger partial charge in [0.05, 0.1) is 40.0 Å². The molecule has 6 heteroatoms. The summed E-state index contributed by atoms with van der Waals surface area (Å²) in [4.78, 5) is 19.4. The van der Waals surface area contributed by atoms with E-state index in [1.54, 1.807) is 0 Å². The van der Waals surface area contributed by atoms with E-state index in [0.29, 0.717) is 23.2 Å². The van der Waals surface area contributed by atoms with E-state index >= 15 is 0 Å². The van der Waals surface area contributed by atoms with Crippen molar-refractivity contribution in [2.24, 2.45) is 0 Å². The molecule has 12 aromatic rings. The topological polar surface area (TPSA) is 52.9 Å². The predicted molar refractivity (Wildman–Crippen MR) is 271 cm³/mol. The SMILES string of the molecule is [C-]#[N+]c1ccccc1-c1cc(-c2cc(-c3nc(-c4ccccc4)nc(-c4ccccc4)n3)ccc2-n2c3ccccc3c3cc(C)ccc32)ccc1-n1c2ccccc2c2cc(C)ccc21. The molecule has 0 aliphatic heterocycles. The molecule has 12 rings (SSSR count). The number of aryl methyl sites for hydroxylation is 2. The highest BCUT2D eigenvalue weighted by Gasteiger charge is 2.22. The first-order chi connectivity index (χ1) is 32.5. The molecular weight excluding hydrogens is 805 g/mol. The van der Waals surface area contributed by atoms with Crippen molar-refractivity contribution in [1.29, 1.82) is 0 Å². The van der Waals surface area contributed by atoms with Crippen LogP contribution in [0, 0.1) is 20.4 Å². The first-order valence-electron chi connectivity index (χ1n) is 22.1. The van der Waals surface area contributed by atoms with Crippen molar-refractivity contribution < 1.29 is 0 Å². The van der Waals surface area contributed by atoms with Gasteiger partial charge in [-0.1, -0.05) is 151 Å². The summed E-state index contributed by atoms with van der Waals surface area (Å²) >= 11 is 0. The lowest BCUT2D eigenvalue weighted by Gasteiger charge is -2.20. The van der Waals surface area contributed by atoms with Gasteiger partial charge in [-0.25, -0.2) is 19.8 Å². The van der Waals surface area contributed by atoms with E-state index in [0.717, 1.165) is 72.4 Å². The minimum absolute atomic E-state index is 0.573. The molecule has 0 unspecified atom stereocenters. The van der Waals surface area contributed by atoms with E-state index in [1.165, 1.54) is 32.7 Å². The van der Waals surface area contributed by atoms with Gasteiger partial charge in [0.25, 0.3) is 0 Å². The normalized spacial score (nSPS) is 11.5. The molecule has 6 nitrogen and oxygen atoms in total. The van der Waals surface area contributed by atoms with Crippen LogP contribution in [-0.2, 0) is 0 Å². The van der Waals surface area contributed by atoms with Crippen molar-refractivity contribution in [3.05, 3.63) is 229 Å². The van der Waals surface area contributed by atoms with Crippen molar-refractivity contribution in [3.8, 4) is 67.8 Å². The maximum atomic E-state index is 8.36. The number of rotatable bonds is 7. The lowest BCUT2D eigenvalue weighted by Crippen LogP contribution is -2.02. The van der Waals surface area contributed by atoms with Crippen LogP contribution in [0.3, 0.4) is 0 Å². The molecule has 0 fully saturated rings. The number of fused-ring (bicyclic) bond motifs is 6. The average Bonchev–Trinajstić information content (AvgIpc) is 3.88. The zero-order valence-electron chi connectivity index (χ0n) is 36.3. The van der Waals surface area contributed by atoms with E-state index in [-0.39, 0.29) is 0 Å². The van der Waals surface area contributed by atoms with Crippen LogP contribution in [0.5, 0.6) is 0 Å². The fraction of sp³-hybridized carbons (Fsp3) is 0.0333. The summed E-state index contributed by atoms with van der Waals surface area (Å²) in [6, 6.07) is 72.1. The van der Waals surface area contributed by atoms with Crippen molar-refractivity contribution in [3.63, 3.8) is 0 Å². The van der Waals surface area contributed by atoms with Gasteiger partial charge in [-0.3, -0.25) is 0 Å². The fourth-order valence-electron chi connectivity index (χ4n) is 9.64. The minimum Gasteiger partial charge on any atom is -0.309 e. The molecule has 0 N–H and O–H groups in total. The Labute approximate surface area is 382 Å². The first-order valence-corrected chi connectivity index (χ1v) is 22.1. The molecule has 3 heterocycles. The molecule has 3 aromatic heterocycles. The maximum absolute atomic E-state index is 8.36. The molecule has 0 bridgehead atoms. The highest BCUT2D eigenvalue weighted by molar-refractivity contribution is 6.11. The van der Waals surface area contributed by atoms with Crippen LogP contribution in [-0.4, -0.2) is 24.1 Å². The van der Waals surface area contributed by atoms with Crippen molar-refractivity contribution in [1.82, 2.24) is 24.1 Å². The maximum Gasteiger partial charge on any atom is 0.194 e. The van der Waals surface area contributed by atoms with Crippen LogP contribution in [0.1, 0.15) is 11.1 Å². The van der Waals surface area contributed by atoms with E-state index in [1.807, 2.05) is 78.9 Å². The second kappa shape index (κ2) is 15.7. The van der Waals surface area contributed by atoms with Crippen LogP contribution < -0.4 is 0 Å². The van der Waals surface area contributed by atoms with E-state index < -0.39 is 0 Å². The molecule has 0 atom stereocenters. The first kappa shape index (κ1) is 38.7. The number of nitrogens with zero attached hydrogens (tertiary/aromatic N) is 6. The Bertz CT molecular complexity index is 3850. The molecule has 310 valence electrons. The Kier molecular flexibility index (Phi) is 9.22. The Morgan fingerprint density at radius 1 is 0.348 bits per heavy atom. The van der Waals surface area contributed by atoms with Gasteiger partial charge in [0.15, 0.2) is 23.2 Å². The third-order valence-corrected chi connectivity index (χ3v) is 12.7. The average molecular weight is 845 g/mol. The fourth-order valence-corrected chi connectivity index (χ4v) is 9.64. The van der Waals surface area contributed by atoms with Crippen molar-refractivity contribution in [2.45, 2.75) is 13.8 Å². The van der Waals surface area contributed by atoms with Gasteiger partial charge in [-0.2, -0.15) is 0 Å². The highest BCUT2D eigenvalue weighted by atomic mass is 15.0. The van der Waals surface area contributed by atoms with Gasteiger partial charge in [-0.05, 0) is 97.3 Å². The third-order valence-electron chi connectivity index (χ3n) is 12.7. The Balaban J connectivity index is 1.16. The van der Waals surface area contributed by atoms with Crippen LogP contribution >= 0.6 is 0 Å². The summed E-state index contributed by atoms with van der Waals surface area (Å²) < 4.78 is 4.75. The molecule has 0 saturated heterocycles. The summed E-state index contributed by atoms with van der Waals surface area (Å²) in [7, 11) is 0. The summed E-state index contributed by atoms with van der Waals surface area (Å²) in [5.41, 5.74) is 15.9. The number of aromatic nitrogens is 5. The van der Waals surface area contributed by atoms with Crippen LogP contribution in [0.2, 0.25) is 0 Å². The number of hydrogen-bond donors (Lipinski definition) is 0. The molecule has 0 spiro atoms. The lowest BCUT2D eigenvalue weighted by atomic mass is 9.94. The van der Waals surface area contributed by atoms with Crippen molar-refractivity contribution >= 4 is 49.3 Å². The van der Waals surface area contributed by atoms with E-state index in [4.69, 9.17) is 21.5 Å². The number of benzene rings is 9. The van der Waals surface area contributed by atoms with Crippen molar-refractivity contribution in [2.75, 3.05) is 0 Å².